The molecule has 2 aliphatic carbocycles. The molecule has 0 radical (unpaired) electrons. The quantitative estimate of drug-likeness (QED) is 0.385. The Labute approximate surface area is 158 Å². The summed E-state index contributed by atoms with van der Waals surface area (Å²) in [6, 6.07) is 13.7. The molecule has 3 rings (SSSR count). The second-order valence-electron chi connectivity index (χ2n) is 5.44. The number of hydrogen-bond donors (Lipinski definition) is 1. The molecule has 2 aliphatic rings. The average Bonchev–Trinajstić information content (AvgIpc) is 2.67. The first-order valence-electron chi connectivity index (χ1n) is 8.10. The van der Waals surface area contributed by atoms with Crippen molar-refractivity contribution in [2.75, 3.05) is 28.4 Å². The van der Waals surface area contributed by atoms with Crippen molar-refractivity contribution in [1.29, 1.82) is 0 Å². The summed E-state index contributed by atoms with van der Waals surface area (Å²) in [6.07, 6.45) is 3.01. The zero-order valence-electron chi connectivity index (χ0n) is 15.7. The van der Waals surface area contributed by atoms with Gasteiger partial charge in [0.2, 0.25) is 0 Å². The van der Waals surface area contributed by atoms with Gasteiger partial charge in [0, 0.05) is 0 Å². The average molecular weight is 370 g/mol. The molecule has 0 amide bonds. The molecule has 0 heterocycles. The SMILES string of the molecule is COC(OC)=C(C=Cc1ccc(OC)c(OC)c1)C(=O)O.c1cc2ccc1-2. The van der Waals surface area contributed by atoms with Gasteiger partial charge in [-0.25, -0.2) is 4.79 Å². The third-order valence-electron chi connectivity index (χ3n) is 3.89. The Morgan fingerprint density at radius 3 is 1.78 bits per heavy atom. The maximum atomic E-state index is 11.2. The fraction of sp³-hybridized carbons (Fsp3) is 0.190. The largest absolute Gasteiger partial charge is 0.493 e. The molecule has 6 heteroatoms. The summed E-state index contributed by atoms with van der Waals surface area (Å²) in [5, 5.41) is 9.15. The van der Waals surface area contributed by atoms with Crippen LogP contribution in [0.2, 0.25) is 0 Å². The molecular weight excluding hydrogens is 348 g/mol. The summed E-state index contributed by atoms with van der Waals surface area (Å²) in [6.45, 7) is 0. The van der Waals surface area contributed by atoms with Crippen LogP contribution in [-0.2, 0) is 14.3 Å². The van der Waals surface area contributed by atoms with Gasteiger partial charge in [0.25, 0.3) is 5.95 Å². The number of carboxylic acid groups (broad SMARTS) is 1. The van der Waals surface area contributed by atoms with Gasteiger partial charge in [-0.3, -0.25) is 0 Å². The number of ether oxygens (including phenoxy) is 4. The number of carbonyl (C=O) groups is 1. The van der Waals surface area contributed by atoms with Crippen LogP contribution < -0.4 is 9.47 Å². The van der Waals surface area contributed by atoms with Crippen LogP contribution in [-0.4, -0.2) is 39.5 Å². The summed E-state index contributed by atoms with van der Waals surface area (Å²) < 4.78 is 20.1. The zero-order chi connectivity index (χ0) is 19.8. The second-order valence-corrected chi connectivity index (χ2v) is 5.44. The molecular formula is C21H22O6. The Kier molecular flexibility index (Phi) is 6.88. The monoisotopic (exact) mass is 370 g/mol. The summed E-state index contributed by atoms with van der Waals surface area (Å²) in [5.41, 5.74) is 3.51. The van der Waals surface area contributed by atoms with E-state index in [9.17, 15) is 4.79 Å². The molecule has 0 saturated carbocycles. The van der Waals surface area contributed by atoms with E-state index in [1.54, 1.807) is 31.4 Å². The van der Waals surface area contributed by atoms with E-state index in [1.165, 1.54) is 38.5 Å². The molecule has 0 aliphatic heterocycles. The molecule has 0 fully saturated rings. The number of fused-ring (bicyclic) bond motifs is 1. The molecule has 1 N–H and O–H groups in total. The molecule has 0 atom stereocenters. The van der Waals surface area contributed by atoms with Gasteiger partial charge in [-0.1, -0.05) is 36.4 Å². The van der Waals surface area contributed by atoms with Crippen molar-refractivity contribution >= 4 is 12.0 Å². The van der Waals surface area contributed by atoms with Gasteiger partial charge in [-0.2, -0.15) is 0 Å². The summed E-state index contributed by atoms with van der Waals surface area (Å²) in [4.78, 5) is 11.2. The molecule has 0 unspecified atom stereocenters. The van der Waals surface area contributed by atoms with E-state index in [1.807, 2.05) is 0 Å². The molecule has 1 aromatic carbocycles. The normalized spacial score (nSPS) is 10.4. The summed E-state index contributed by atoms with van der Waals surface area (Å²) in [7, 11) is 5.75. The van der Waals surface area contributed by atoms with E-state index in [0.29, 0.717) is 11.5 Å². The summed E-state index contributed by atoms with van der Waals surface area (Å²) >= 11 is 0. The van der Waals surface area contributed by atoms with Crippen molar-refractivity contribution < 1.29 is 28.8 Å². The van der Waals surface area contributed by atoms with E-state index < -0.39 is 5.97 Å². The van der Waals surface area contributed by atoms with Crippen molar-refractivity contribution in [3.05, 3.63) is 65.6 Å². The van der Waals surface area contributed by atoms with Gasteiger partial charge in [-0.15, -0.1) is 0 Å². The number of hydrogen-bond acceptors (Lipinski definition) is 5. The Morgan fingerprint density at radius 2 is 1.41 bits per heavy atom. The lowest BCUT2D eigenvalue weighted by Gasteiger charge is -2.10. The molecule has 0 spiro atoms. The number of carboxylic acids is 1. The van der Waals surface area contributed by atoms with E-state index in [0.717, 1.165) is 5.56 Å². The lowest BCUT2D eigenvalue weighted by molar-refractivity contribution is -0.132. The Hall–Kier alpha value is -3.41. The predicted molar refractivity (Wildman–Crippen MR) is 103 cm³/mol. The highest BCUT2D eigenvalue weighted by molar-refractivity contribution is 5.91. The first-order valence-corrected chi connectivity index (χ1v) is 8.10. The Morgan fingerprint density at radius 1 is 0.852 bits per heavy atom. The van der Waals surface area contributed by atoms with Gasteiger partial charge in [0.05, 0.1) is 28.4 Å². The minimum absolute atomic E-state index is 0.0702. The predicted octanol–water partition coefficient (Wildman–Crippen LogP) is 3.97. The smallest absolute Gasteiger partial charge is 0.342 e. The van der Waals surface area contributed by atoms with Crippen molar-refractivity contribution in [2.24, 2.45) is 0 Å². The molecule has 0 bridgehead atoms. The summed E-state index contributed by atoms with van der Waals surface area (Å²) in [5.74, 6) is -0.0676. The standard InChI is InChI=1S/C15H18O6.C6H4/c1-18-12-8-6-10(9-13(12)19-2)5-7-11(14(16)17)15(20-3)21-4;1-2-6-4-3-5(1)6/h5-9H,1-4H3,(H,16,17);1-4H. The van der Waals surface area contributed by atoms with E-state index >= 15 is 0 Å². The molecule has 0 aromatic heterocycles. The van der Waals surface area contributed by atoms with Crippen LogP contribution in [0, 0.1) is 0 Å². The topological polar surface area (TPSA) is 74.2 Å². The third-order valence-corrected chi connectivity index (χ3v) is 3.89. The highest BCUT2D eigenvalue weighted by atomic mass is 16.7. The number of methoxy groups -OCH3 is 4. The van der Waals surface area contributed by atoms with Crippen LogP contribution in [0.1, 0.15) is 5.56 Å². The van der Waals surface area contributed by atoms with E-state index in [2.05, 4.69) is 24.3 Å². The number of rotatable bonds is 7. The molecule has 1 aromatic rings. The highest BCUT2D eigenvalue weighted by Crippen LogP contribution is 2.29. The number of benzene rings is 2. The van der Waals surface area contributed by atoms with Crippen molar-refractivity contribution in [3.8, 4) is 22.6 Å². The van der Waals surface area contributed by atoms with Gasteiger partial charge in [-0.05, 0) is 34.9 Å². The van der Waals surface area contributed by atoms with Crippen LogP contribution in [0.3, 0.4) is 0 Å². The molecule has 142 valence electrons. The van der Waals surface area contributed by atoms with Crippen molar-refractivity contribution in [1.82, 2.24) is 0 Å². The van der Waals surface area contributed by atoms with Crippen LogP contribution in [0.5, 0.6) is 11.5 Å². The van der Waals surface area contributed by atoms with Gasteiger partial charge >= 0.3 is 5.97 Å². The zero-order valence-corrected chi connectivity index (χ0v) is 15.7. The Bertz CT molecular complexity index is 822. The lowest BCUT2D eigenvalue weighted by atomic mass is 9.95. The van der Waals surface area contributed by atoms with Gasteiger partial charge < -0.3 is 24.1 Å². The number of aliphatic carboxylic acids is 1. The van der Waals surface area contributed by atoms with E-state index in [4.69, 9.17) is 24.1 Å². The lowest BCUT2D eigenvalue weighted by Crippen LogP contribution is -2.05. The minimum Gasteiger partial charge on any atom is -0.493 e. The van der Waals surface area contributed by atoms with Crippen molar-refractivity contribution in [2.45, 2.75) is 0 Å². The van der Waals surface area contributed by atoms with Gasteiger partial charge in [0.15, 0.2) is 11.5 Å². The second kappa shape index (κ2) is 9.33. The molecule has 6 nitrogen and oxygen atoms in total. The molecule has 27 heavy (non-hydrogen) atoms. The van der Waals surface area contributed by atoms with Crippen LogP contribution in [0.15, 0.2) is 60.1 Å². The van der Waals surface area contributed by atoms with Crippen molar-refractivity contribution in [3.63, 3.8) is 0 Å². The maximum absolute atomic E-state index is 11.2. The third kappa shape index (κ3) is 4.82. The van der Waals surface area contributed by atoms with Crippen LogP contribution >= 0.6 is 0 Å². The van der Waals surface area contributed by atoms with E-state index in [-0.39, 0.29) is 11.5 Å². The minimum atomic E-state index is -1.15. The Balaban J connectivity index is 0.000000358. The van der Waals surface area contributed by atoms with Gasteiger partial charge in [0.1, 0.15) is 5.57 Å². The fourth-order valence-corrected chi connectivity index (χ4v) is 2.33. The first kappa shape index (κ1) is 19.9. The maximum Gasteiger partial charge on any atom is 0.342 e. The van der Waals surface area contributed by atoms with Crippen LogP contribution in [0.4, 0.5) is 0 Å². The molecule has 0 saturated heterocycles. The first-order chi connectivity index (χ1) is 13.0. The van der Waals surface area contributed by atoms with Crippen LogP contribution in [0.25, 0.3) is 17.2 Å². The highest BCUT2D eigenvalue weighted by Gasteiger charge is 2.13. The fourth-order valence-electron chi connectivity index (χ4n) is 2.33.